The van der Waals surface area contributed by atoms with Crippen LogP contribution in [0.4, 0.5) is 0 Å². The number of hydrogen-bond donors (Lipinski definition) is 0. The second-order valence-corrected chi connectivity index (χ2v) is 6.97. The van der Waals surface area contributed by atoms with E-state index >= 15 is 0 Å². The van der Waals surface area contributed by atoms with E-state index in [1.165, 1.54) is 25.7 Å². The summed E-state index contributed by atoms with van der Waals surface area (Å²) in [5, 5.41) is 0.303. The van der Waals surface area contributed by atoms with E-state index in [0.29, 0.717) is 11.3 Å². The van der Waals surface area contributed by atoms with E-state index in [1.807, 2.05) is 0 Å². The fourth-order valence-corrected chi connectivity index (χ4v) is 3.99. The number of hydrogen-bond acceptors (Lipinski definition) is 3. The minimum absolute atomic E-state index is 0.0787. The average molecular weight is 244 g/mol. The lowest BCUT2D eigenvalue weighted by molar-refractivity contribution is -0.0305. The summed E-state index contributed by atoms with van der Waals surface area (Å²) in [6.07, 6.45) is 6.67. The van der Waals surface area contributed by atoms with Gasteiger partial charge in [0.15, 0.2) is 0 Å². The fraction of sp³-hybridized carbons (Fsp3) is 1.00. The van der Waals surface area contributed by atoms with Crippen molar-refractivity contribution in [2.24, 2.45) is 0 Å². The van der Waals surface area contributed by atoms with Gasteiger partial charge in [0.25, 0.3) is 0 Å². The van der Waals surface area contributed by atoms with Gasteiger partial charge in [0.2, 0.25) is 0 Å². The van der Waals surface area contributed by atoms with Gasteiger partial charge in [0, 0.05) is 13.2 Å². The molecule has 0 amide bonds. The quantitative estimate of drug-likeness (QED) is 0.384. The largest absolute Gasteiger partial charge is 0.379 e. The van der Waals surface area contributed by atoms with Crippen LogP contribution in [0.1, 0.15) is 32.1 Å². The Kier molecular flexibility index (Phi) is 4.82. The zero-order valence-corrected chi connectivity index (χ0v) is 11.8. The van der Waals surface area contributed by atoms with Crippen molar-refractivity contribution in [3.63, 3.8) is 0 Å². The number of epoxide rings is 1. The zero-order chi connectivity index (χ0) is 11.3. The molecule has 0 bridgehead atoms. The summed E-state index contributed by atoms with van der Waals surface area (Å²) in [5.41, 5.74) is 0. The summed E-state index contributed by atoms with van der Waals surface area (Å²) in [6.45, 7) is 5.92. The van der Waals surface area contributed by atoms with E-state index < -0.39 is 0 Å². The van der Waals surface area contributed by atoms with Crippen LogP contribution in [0.2, 0.25) is 6.55 Å². The molecule has 4 heteroatoms. The third-order valence-corrected chi connectivity index (χ3v) is 5.91. The van der Waals surface area contributed by atoms with Gasteiger partial charge in [-0.25, -0.2) is 0 Å². The lowest BCUT2D eigenvalue weighted by Gasteiger charge is -2.36. The van der Waals surface area contributed by atoms with E-state index in [2.05, 4.69) is 6.55 Å². The molecule has 2 rings (SSSR count). The van der Waals surface area contributed by atoms with Gasteiger partial charge < -0.3 is 14.2 Å². The minimum atomic E-state index is -0.0787. The molecule has 0 aromatic rings. The van der Waals surface area contributed by atoms with Crippen LogP contribution in [0.3, 0.4) is 0 Å². The summed E-state index contributed by atoms with van der Waals surface area (Å²) in [5.74, 6) is 0. The molecule has 2 aliphatic heterocycles. The maximum Gasteiger partial charge on any atom is 0.104 e. The maximum absolute atomic E-state index is 6.04. The van der Waals surface area contributed by atoms with Crippen molar-refractivity contribution >= 4 is 9.52 Å². The van der Waals surface area contributed by atoms with Crippen LogP contribution in [-0.2, 0) is 14.2 Å². The van der Waals surface area contributed by atoms with Crippen LogP contribution in [-0.4, -0.2) is 47.3 Å². The molecule has 0 saturated carbocycles. The molecular formula is C12H24O3Si. The topological polar surface area (TPSA) is 31.0 Å². The molecule has 2 saturated heterocycles. The Morgan fingerprint density at radius 2 is 2.31 bits per heavy atom. The smallest absolute Gasteiger partial charge is 0.104 e. The van der Waals surface area contributed by atoms with Crippen LogP contribution in [0.15, 0.2) is 0 Å². The van der Waals surface area contributed by atoms with Crippen molar-refractivity contribution in [3.05, 3.63) is 0 Å². The molecule has 0 aromatic heterocycles. The third-order valence-electron chi connectivity index (χ3n) is 3.71. The van der Waals surface area contributed by atoms with Gasteiger partial charge in [-0.3, -0.25) is 0 Å². The van der Waals surface area contributed by atoms with E-state index in [9.17, 15) is 0 Å². The second-order valence-electron chi connectivity index (χ2n) is 4.98. The molecule has 0 spiro atoms. The Balaban J connectivity index is 1.57. The Morgan fingerprint density at radius 1 is 1.44 bits per heavy atom. The molecule has 2 aliphatic rings. The molecular weight excluding hydrogens is 220 g/mol. The summed E-state index contributed by atoms with van der Waals surface area (Å²) in [6, 6.07) is 0. The highest BCUT2D eigenvalue weighted by atomic mass is 28.2. The summed E-state index contributed by atoms with van der Waals surface area (Å²) in [4.78, 5) is 0. The first-order chi connectivity index (χ1) is 7.85. The van der Waals surface area contributed by atoms with Crippen LogP contribution >= 0.6 is 0 Å². The first kappa shape index (κ1) is 12.6. The monoisotopic (exact) mass is 244 g/mol. The summed E-state index contributed by atoms with van der Waals surface area (Å²) >= 11 is 0. The number of ether oxygens (including phenoxy) is 3. The molecule has 0 radical (unpaired) electrons. The molecule has 2 atom stereocenters. The minimum Gasteiger partial charge on any atom is -0.379 e. The van der Waals surface area contributed by atoms with Gasteiger partial charge >= 0.3 is 0 Å². The van der Waals surface area contributed by atoms with Gasteiger partial charge in [0.1, 0.15) is 6.10 Å². The predicted octanol–water partition coefficient (Wildman–Crippen LogP) is 1.30. The van der Waals surface area contributed by atoms with Crippen molar-refractivity contribution in [2.75, 3.05) is 26.4 Å². The number of rotatable bonds is 7. The summed E-state index contributed by atoms with van der Waals surface area (Å²) < 4.78 is 16.7. The van der Waals surface area contributed by atoms with E-state index in [0.717, 1.165) is 32.8 Å². The van der Waals surface area contributed by atoms with E-state index in [1.54, 1.807) is 0 Å². The first-order valence-corrected chi connectivity index (χ1v) is 8.80. The average Bonchev–Trinajstić information content (AvgIpc) is 3.14. The highest BCUT2D eigenvalue weighted by molar-refractivity contribution is 6.37. The van der Waals surface area contributed by atoms with Crippen molar-refractivity contribution in [1.82, 2.24) is 0 Å². The van der Waals surface area contributed by atoms with Gasteiger partial charge in [0.05, 0.1) is 28.0 Å². The standard InChI is InChI=1S/C12H24O3Si/c1-16-12(5-2-3-8-15-12)6-4-7-13-9-11-10-14-11/h11H,2-10,16H2,1H3. The molecule has 16 heavy (non-hydrogen) atoms. The SMILES string of the molecule is C[SiH2]C1(CCCOCC2CO2)CCCCO1. The Labute approximate surface area is 101 Å². The molecule has 3 nitrogen and oxygen atoms in total. The zero-order valence-electron chi connectivity index (χ0n) is 10.4. The van der Waals surface area contributed by atoms with Crippen LogP contribution < -0.4 is 0 Å². The Bertz CT molecular complexity index is 200. The Morgan fingerprint density at radius 3 is 2.94 bits per heavy atom. The molecule has 0 N–H and O–H groups in total. The fourth-order valence-electron chi connectivity index (χ4n) is 2.44. The first-order valence-electron chi connectivity index (χ1n) is 6.68. The lowest BCUT2D eigenvalue weighted by atomic mass is 10.0. The lowest BCUT2D eigenvalue weighted by Crippen LogP contribution is -2.41. The normalized spacial score (nSPS) is 34.7. The summed E-state index contributed by atoms with van der Waals surface area (Å²) in [7, 11) is -0.0787. The van der Waals surface area contributed by atoms with Gasteiger partial charge in [-0.1, -0.05) is 6.55 Å². The molecule has 94 valence electrons. The van der Waals surface area contributed by atoms with Crippen molar-refractivity contribution < 1.29 is 14.2 Å². The van der Waals surface area contributed by atoms with Crippen LogP contribution in [0, 0.1) is 0 Å². The van der Waals surface area contributed by atoms with Crippen LogP contribution in [0.25, 0.3) is 0 Å². The molecule has 0 aliphatic carbocycles. The van der Waals surface area contributed by atoms with Gasteiger partial charge in [-0.05, 0) is 32.1 Å². The van der Waals surface area contributed by atoms with Gasteiger partial charge in [-0.2, -0.15) is 0 Å². The van der Waals surface area contributed by atoms with Crippen molar-refractivity contribution in [1.29, 1.82) is 0 Å². The van der Waals surface area contributed by atoms with E-state index in [-0.39, 0.29) is 9.52 Å². The maximum atomic E-state index is 6.04. The van der Waals surface area contributed by atoms with Gasteiger partial charge in [-0.15, -0.1) is 0 Å². The Hall–Kier alpha value is 0.0969. The molecule has 2 unspecified atom stereocenters. The predicted molar refractivity (Wildman–Crippen MR) is 66.7 cm³/mol. The van der Waals surface area contributed by atoms with Crippen LogP contribution in [0.5, 0.6) is 0 Å². The second kappa shape index (κ2) is 6.14. The molecule has 2 heterocycles. The molecule has 0 aromatic carbocycles. The van der Waals surface area contributed by atoms with Crippen molar-refractivity contribution in [3.8, 4) is 0 Å². The molecule has 2 fully saturated rings. The van der Waals surface area contributed by atoms with E-state index in [4.69, 9.17) is 14.2 Å². The van der Waals surface area contributed by atoms with Crippen molar-refractivity contribution in [2.45, 2.75) is 50.0 Å². The third kappa shape index (κ3) is 3.84. The highest BCUT2D eigenvalue weighted by Crippen LogP contribution is 2.28. The highest BCUT2D eigenvalue weighted by Gasteiger charge is 2.30.